The standard InChI is InChI=1S/C24H24N2O4/c1-28-20-9-7-17(8-10-20)22-15-21(25-26(22)19-5-3-2-4-6-19)23(27)30-24(12-13-24)18-11-14-29-16-18/h2-10,15,18H,11-14,16H2,1H3. The van der Waals surface area contributed by atoms with E-state index in [1.54, 1.807) is 17.9 Å². The van der Waals surface area contributed by atoms with Crippen LogP contribution in [-0.2, 0) is 9.47 Å². The van der Waals surface area contributed by atoms with Crippen LogP contribution in [0, 0.1) is 5.92 Å². The van der Waals surface area contributed by atoms with Gasteiger partial charge >= 0.3 is 5.97 Å². The van der Waals surface area contributed by atoms with Crippen molar-refractivity contribution in [2.45, 2.75) is 24.9 Å². The lowest BCUT2D eigenvalue weighted by Crippen LogP contribution is -2.29. The smallest absolute Gasteiger partial charge is 0.359 e. The monoisotopic (exact) mass is 404 g/mol. The van der Waals surface area contributed by atoms with Gasteiger partial charge in [-0.05, 0) is 61.7 Å². The second-order valence-corrected chi connectivity index (χ2v) is 7.91. The molecule has 1 saturated carbocycles. The molecule has 5 rings (SSSR count). The Bertz CT molecular complexity index is 1030. The van der Waals surface area contributed by atoms with E-state index in [-0.39, 0.29) is 11.6 Å². The van der Waals surface area contributed by atoms with Gasteiger partial charge in [0.1, 0.15) is 11.4 Å². The Morgan fingerprint density at radius 3 is 2.53 bits per heavy atom. The van der Waals surface area contributed by atoms with Crippen LogP contribution in [0.5, 0.6) is 5.75 Å². The van der Waals surface area contributed by atoms with Gasteiger partial charge < -0.3 is 14.2 Å². The average molecular weight is 404 g/mol. The van der Waals surface area contributed by atoms with Crippen molar-refractivity contribution in [1.29, 1.82) is 0 Å². The van der Waals surface area contributed by atoms with Gasteiger partial charge in [0.2, 0.25) is 0 Å². The van der Waals surface area contributed by atoms with Crippen LogP contribution < -0.4 is 4.74 Å². The van der Waals surface area contributed by atoms with Crippen molar-refractivity contribution in [3.8, 4) is 22.7 Å². The Hall–Kier alpha value is -3.12. The molecule has 6 nitrogen and oxygen atoms in total. The summed E-state index contributed by atoms with van der Waals surface area (Å²) in [6.07, 6.45) is 2.75. The van der Waals surface area contributed by atoms with Crippen LogP contribution in [0.25, 0.3) is 16.9 Å². The summed E-state index contributed by atoms with van der Waals surface area (Å²) in [6.45, 7) is 1.41. The molecule has 0 N–H and O–H groups in total. The van der Waals surface area contributed by atoms with E-state index in [1.165, 1.54) is 0 Å². The van der Waals surface area contributed by atoms with Gasteiger partial charge in [0, 0.05) is 18.1 Å². The van der Waals surface area contributed by atoms with Gasteiger partial charge in [-0.25, -0.2) is 9.48 Å². The second kappa shape index (κ2) is 7.61. The summed E-state index contributed by atoms with van der Waals surface area (Å²) in [4.78, 5) is 13.0. The molecule has 0 bridgehead atoms. The maximum absolute atomic E-state index is 13.0. The highest BCUT2D eigenvalue weighted by atomic mass is 16.6. The number of benzene rings is 2. The molecule has 2 aromatic carbocycles. The molecule has 2 heterocycles. The number of rotatable bonds is 6. The maximum Gasteiger partial charge on any atom is 0.359 e. The number of esters is 1. The van der Waals surface area contributed by atoms with Gasteiger partial charge in [0.25, 0.3) is 0 Å². The van der Waals surface area contributed by atoms with Gasteiger partial charge in [0.15, 0.2) is 5.69 Å². The van der Waals surface area contributed by atoms with E-state index in [0.29, 0.717) is 18.2 Å². The number of nitrogens with zero attached hydrogens (tertiary/aromatic N) is 2. The average Bonchev–Trinajstić information content (AvgIpc) is 3.21. The van der Waals surface area contributed by atoms with Crippen molar-refractivity contribution in [3.05, 3.63) is 66.4 Å². The molecular formula is C24H24N2O4. The van der Waals surface area contributed by atoms with Crippen LogP contribution in [0.4, 0.5) is 0 Å². The summed E-state index contributed by atoms with van der Waals surface area (Å²) in [7, 11) is 1.64. The van der Waals surface area contributed by atoms with E-state index in [0.717, 1.165) is 48.6 Å². The minimum Gasteiger partial charge on any atom is -0.497 e. The minimum atomic E-state index is -0.371. The predicted octanol–water partition coefficient (Wildman–Crippen LogP) is 4.27. The summed E-state index contributed by atoms with van der Waals surface area (Å²) >= 11 is 0. The first-order valence-electron chi connectivity index (χ1n) is 10.3. The molecule has 2 aliphatic rings. The quantitative estimate of drug-likeness (QED) is 0.574. The number of hydrogen-bond donors (Lipinski definition) is 0. The molecule has 1 saturated heterocycles. The van der Waals surface area contributed by atoms with Crippen molar-refractivity contribution >= 4 is 5.97 Å². The molecule has 0 spiro atoms. The predicted molar refractivity (Wildman–Crippen MR) is 112 cm³/mol. The number of carbonyl (C=O) groups excluding carboxylic acids is 1. The summed E-state index contributed by atoms with van der Waals surface area (Å²) < 4.78 is 18.5. The first kappa shape index (κ1) is 18.9. The SMILES string of the molecule is COc1ccc(-c2cc(C(=O)OC3(C4CCOC4)CC3)nn2-c2ccccc2)cc1. The van der Waals surface area contributed by atoms with Gasteiger partial charge in [-0.15, -0.1) is 0 Å². The number of para-hydroxylation sites is 1. The van der Waals surface area contributed by atoms with Crippen molar-refractivity contribution in [2.24, 2.45) is 5.92 Å². The van der Waals surface area contributed by atoms with Gasteiger partial charge in [-0.3, -0.25) is 0 Å². The third-order valence-corrected chi connectivity index (χ3v) is 6.02. The summed E-state index contributed by atoms with van der Waals surface area (Å²) in [5.74, 6) is 0.696. The number of carbonyl (C=O) groups is 1. The normalized spacial score (nSPS) is 19.4. The van der Waals surface area contributed by atoms with E-state index >= 15 is 0 Å². The minimum absolute atomic E-state index is 0.290. The first-order chi connectivity index (χ1) is 14.7. The second-order valence-electron chi connectivity index (χ2n) is 7.91. The van der Waals surface area contributed by atoms with Crippen LogP contribution in [-0.4, -0.2) is 41.7 Å². The van der Waals surface area contributed by atoms with Crippen LogP contribution in [0.2, 0.25) is 0 Å². The van der Waals surface area contributed by atoms with Crippen molar-refractivity contribution < 1.29 is 19.0 Å². The summed E-state index contributed by atoms with van der Waals surface area (Å²) in [6, 6.07) is 19.3. The fraction of sp³-hybridized carbons (Fsp3) is 0.333. The number of methoxy groups -OCH3 is 1. The third kappa shape index (κ3) is 3.48. The number of aromatic nitrogens is 2. The molecule has 1 aliphatic carbocycles. The van der Waals surface area contributed by atoms with Crippen LogP contribution in [0.1, 0.15) is 29.8 Å². The molecule has 0 amide bonds. The van der Waals surface area contributed by atoms with E-state index < -0.39 is 0 Å². The highest BCUT2D eigenvalue weighted by molar-refractivity contribution is 5.89. The maximum atomic E-state index is 13.0. The molecular weight excluding hydrogens is 380 g/mol. The highest BCUT2D eigenvalue weighted by Crippen LogP contribution is 2.49. The topological polar surface area (TPSA) is 62.6 Å². The van der Waals surface area contributed by atoms with E-state index in [2.05, 4.69) is 5.10 Å². The number of ether oxygens (including phenoxy) is 3. The Morgan fingerprint density at radius 2 is 1.90 bits per heavy atom. The van der Waals surface area contributed by atoms with E-state index in [4.69, 9.17) is 14.2 Å². The lowest BCUT2D eigenvalue weighted by Gasteiger charge is -2.21. The van der Waals surface area contributed by atoms with Gasteiger partial charge in [-0.2, -0.15) is 5.10 Å². The molecule has 154 valence electrons. The lowest BCUT2D eigenvalue weighted by molar-refractivity contribution is 0.000179. The first-order valence-corrected chi connectivity index (χ1v) is 10.3. The summed E-state index contributed by atoms with van der Waals surface area (Å²) in [5.41, 5.74) is 2.59. The lowest BCUT2D eigenvalue weighted by atomic mass is 9.99. The molecule has 1 unspecified atom stereocenters. The Labute approximate surface area is 175 Å². The molecule has 1 atom stereocenters. The van der Waals surface area contributed by atoms with Crippen LogP contribution in [0.3, 0.4) is 0 Å². The largest absolute Gasteiger partial charge is 0.497 e. The molecule has 30 heavy (non-hydrogen) atoms. The Balaban J connectivity index is 1.48. The zero-order valence-electron chi connectivity index (χ0n) is 16.9. The fourth-order valence-electron chi connectivity index (χ4n) is 4.12. The van der Waals surface area contributed by atoms with E-state index in [1.807, 2.05) is 54.6 Å². The fourth-order valence-corrected chi connectivity index (χ4v) is 4.12. The van der Waals surface area contributed by atoms with Gasteiger partial charge in [0.05, 0.1) is 25.1 Å². The zero-order valence-corrected chi connectivity index (χ0v) is 16.9. The molecule has 2 fully saturated rings. The Kier molecular flexibility index (Phi) is 4.79. The zero-order chi connectivity index (χ0) is 20.6. The third-order valence-electron chi connectivity index (χ3n) is 6.02. The van der Waals surface area contributed by atoms with E-state index in [9.17, 15) is 4.79 Å². The van der Waals surface area contributed by atoms with Crippen molar-refractivity contribution in [2.75, 3.05) is 20.3 Å². The molecule has 0 radical (unpaired) electrons. The summed E-state index contributed by atoms with van der Waals surface area (Å²) in [5, 5.41) is 4.62. The Morgan fingerprint density at radius 1 is 1.13 bits per heavy atom. The van der Waals surface area contributed by atoms with Crippen molar-refractivity contribution in [3.63, 3.8) is 0 Å². The molecule has 6 heteroatoms. The van der Waals surface area contributed by atoms with Crippen LogP contribution >= 0.6 is 0 Å². The van der Waals surface area contributed by atoms with Gasteiger partial charge in [-0.1, -0.05) is 18.2 Å². The van der Waals surface area contributed by atoms with Crippen LogP contribution in [0.15, 0.2) is 60.7 Å². The molecule has 3 aromatic rings. The highest BCUT2D eigenvalue weighted by Gasteiger charge is 2.54. The molecule has 1 aromatic heterocycles. The van der Waals surface area contributed by atoms with Crippen molar-refractivity contribution in [1.82, 2.24) is 9.78 Å². The number of hydrogen-bond acceptors (Lipinski definition) is 5. The molecule has 1 aliphatic heterocycles.